The van der Waals surface area contributed by atoms with Crippen molar-refractivity contribution in [2.45, 2.75) is 5.37 Å². The zero-order chi connectivity index (χ0) is 8.97. The van der Waals surface area contributed by atoms with Gasteiger partial charge in [-0.05, 0) is 10.7 Å². The standard InChI is InChI=1S/C7H6ClNO2S/c8-12-7(9(10)11)6-4-2-1-3-5-6/h1-5,7H. The molecule has 0 heterocycles. The minimum Gasteiger partial charge on any atom is -0.263 e. The Labute approximate surface area is 78.4 Å². The lowest BCUT2D eigenvalue weighted by atomic mass is 10.2. The monoisotopic (exact) mass is 203 g/mol. The van der Waals surface area contributed by atoms with E-state index in [0.29, 0.717) is 16.5 Å². The van der Waals surface area contributed by atoms with Gasteiger partial charge in [-0.1, -0.05) is 30.3 Å². The van der Waals surface area contributed by atoms with Gasteiger partial charge in [-0.3, -0.25) is 10.1 Å². The zero-order valence-electron chi connectivity index (χ0n) is 6.01. The van der Waals surface area contributed by atoms with Crippen LogP contribution in [0, 0.1) is 10.1 Å². The fourth-order valence-electron chi connectivity index (χ4n) is 0.823. The molecule has 1 aromatic carbocycles. The molecule has 0 bridgehead atoms. The van der Waals surface area contributed by atoms with Gasteiger partial charge in [-0.25, -0.2) is 0 Å². The molecule has 0 fully saturated rings. The topological polar surface area (TPSA) is 43.1 Å². The molecule has 1 unspecified atom stereocenters. The highest BCUT2D eigenvalue weighted by molar-refractivity contribution is 8.21. The second kappa shape index (κ2) is 4.33. The average molecular weight is 204 g/mol. The molecule has 12 heavy (non-hydrogen) atoms. The van der Waals surface area contributed by atoms with E-state index in [1.807, 2.05) is 0 Å². The maximum Gasteiger partial charge on any atom is 0.297 e. The number of nitrogens with zero attached hydrogens (tertiary/aromatic N) is 1. The van der Waals surface area contributed by atoms with Crippen LogP contribution in [0.4, 0.5) is 0 Å². The van der Waals surface area contributed by atoms with Crippen LogP contribution in [0.1, 0.15) is 10.9 Å². The van der Waals surface area contributed by atoms with E-state index in [1.165, 1.54) is 0 Å². The quantitative estimate of drug-likeness (QED) is 0.431. The average Bonchev–Trinajstić information content (AvgIpc) is 2.07. The van der Waals surface area contributed by atoms with Crippen LogP contribution in [0.25, 0.3) is 0 Å². The van der Waals surface area contributed by atoms with Gasteiger partial charge in [0.15, 0.2) is 0 Å². The number of hydrogen-bond donors (Lipinski definition) is 0. The lowest BCUT2D eigenvalue weighted by Crippen LogP contribution is -2.04. The zero-order valence-corrected chi connectivity index (χ0v) is 7.59. The fourth-order valence-corrected chi connectivity index (χ4v) is 1.65. The molecule has 0 aromatic heterocycles. The molecule has 0 saturated heterocycles. The first-order valence-electron chi connectivity index (χ1n) is 3.21. The number of halogens is 1. The van der Waals surface area contributed by atoms with Crippen LogP contribution in [0.3, 0.4) is 0 Å². The summed E-state index contributed by atoms with van der Waals surface area (Å²) in [5.74, 6) is 0. The summed E-state index contributed by atoms with van der Waals surface area (Å²) in [6.07, 6.45) is 0. The normalized spacial score (nSPS) is 12.4. The van der Waals surface area contributed by atoms with Crippen molar-refractivity contribution in [1.29, 1.82) is 0 Å². The highest BCUT2D eigenvalue weighted by Crippen LogP contribution is 2.31. The Bertz CT molecular complexity index is 267. The molecule has 1 rings (SSSR count). The van der Waals surface area contributed by atoms with Gasteiger partial charge in [0.25, 0.3) is 5.37 Å². The van der Waals surface area contributed by atoms with E-state index >= 15 is 0 Å². The van der Waals surface area contributed by atoms with E-state index in [4.69, 9.17) is 10.7 Å². The summed E-state index contributed by atoms with van der Waals surface area (Å²) in [4.78, 5) is 10.0. The predicted molar refractivity (Wildman–Crippen MR) is 49.6 cm³/mol. The van der Waals surface area contributed by atoms with Crippen molar-refractivity contribution in [2.24, 2.45) is 0 Å². The van der Waals surface area contributed by atoms with Crippen LogP contribution in [-0.2, 0) is 0 Å². The minimum absolute atomic E-state index is 0.410. The van der Waals surface area contributed by atoms with Gasteiger partial charge < -0.3 is 0 Å². The molecule has 0 saturated carbocycles. The molecule has 1 atom stereocenters. The lowest BCUT2D eigenvalue weighted by molar-refractivity contribution is -0.500. The van der Waals surface area contributed by atoms with Crippen LogP contribution >= 0.6 is 21.7 Å². The van der Waals surface area contributed by atoms with Crippen LogP contribution in [0.2, 0.25) is 0 Å². The van der Waals surface area contributed by atoms with Crippen molar-refractivity contribution in [1.82, 2.24) is 0 Å². The van der Waals surface area contributed by atoms with E-state index in [0.717, 1.165) is 0 Å². The van der Waals surface area contributed by atoms with Gasteiger partial charge in [-0.15, -0.1) is 0 Å². The summed E-state index contributed by atoms with van der Waals surface area (Å²) in [6.45, 7) is 0. The molecule has 0 aliphatic carbocycles. The summed E-state index contributed by atoms with van der Waals surface area (Å²) in [5, 5.41) is 9.56. The Kier molecular flexibility index (Phi) is 3.37. The molecule has 5 heteroatoms. The molecule has 0 N–H and O–H groups in total. The summed E-state index contributed by atoms with van der Waals surface area (Å²) < 4.78 is 0. The molecule has 64 valence electrons. The van der Waals surface area contributed by atoms with Crippen LogP contribution < -0.4 is 0 Å². The number of benzene rings is 1. The molecule has 0 radical (unpaired) electrons. The fraction of sp³-hybridized carbons (Fsp3) is 0.143. The van der Waals surface area contributed by atoms with E-state index in [1.54, 1.807) is 30.3 Å². The van der Waals surface area contributed by atoms with Crippen LogP contribution in [-0.4, -0.2) is 4.92 Å². The first-order valence-corrected chi connectivity index (χ1v) is 4.92. The van der Waals surface area contributed by atoms with Crippen molar-refractivity contribution in [3.05, 3.63) is 46.0 Å². The molecule has 0 aliphatic heterocycles. The summed E-state index contributed by atoms with van der Waals surface area (Å²) in [7, 11) is 6.08. The van der Waals surface area contributed by atoms with Crippen molar-refractivity contribution >= 4 is 21.7 Å². The van der Waals surface area contributed by atoms with E-state index in [-0.39, 0.29) is 0 Å². The van der Waals surface area contributed by atoms with Gasteiger partial charge >= 0.3 is 0 Å². The number of nitro groups is 1. The first kappa shape index (κ1) is 9.35. The molecule has 1 aromatic rings. The summed E-state index contributed by atoms with van der Waals surface area (Å²) >= 11 is 0. The minimum atomic E-state index is -0.868. The highest BCUT2D eigenvalue weighted by Gasteiger charge is 2.21. The third-order valence-electron chi connectivity index (χ3n) is 1.36. The third-order valence-corrected chi connectivity index (χ3v) is 2.48. The van der Waals surface area contributed by atoms with Gasteiger partial charge in [0, 0.05) is 21.5 Å². The maximum absolute atomic E-state index is 10.4. The van der Waals surface area contributed by atoms with E-state index in [2.05, 4.69) is 0 Å². The van der Waals surface area contributed by atoms with E-state index in [9.17, 15) is 10.1 Å². The van der Waals surface area contributed by atoms with E-state index < -0.39 is 10.3 Å². The van der Waals surface area contributed by atoms with Crippen molar-refractivity contribution < 1.29 is 4.92 Å². The molecule has 0 amide bonds. The second-order valence-corrected chi connectivity index (χ2v) is 3.30. The Morgan fingerprint density at radius 3 is 2.42 bits per heavy atom. The van der Waals surface area contributed by atoms with Gasteiger partial charge in [0.05, 0.1) is 0 Å². The van der Waals surface area contributed by atoms with Gasteiger partial charge in [-0.2, -0.15) is 0 Å². The Morgan fingerprint density at radius 2 is 2.00 bits per heavy atom. The molecule has 3 nitrogen and oxygen atoms in total. The summed E-state index contributed by atoms with van der Waals surface area (Å²) in [5.41, 5.74) is 0.613. The van der Waals surface area contributed by atoms with Crippen LogP contribution in [0.5, 0.6) is 0 Å². The van der Waals surface area contributed by atoms with Crippen molar-refractivity contribution in [3.63, 3.8) is 0 Å². The molecular weight excluding hydrogens is 198 g/mol. The lowest BCUT2D eigenvalue weighted by Gasteiger charge is -2.03. The highest BCUT2D eigenvalue weighted by atomic mass is 35.7. The number of rotatable bonds is 3. The van der Waals surface area contributed by atoms with Gasteiger partial charge in [0.2, 0.25) is 0 Å². The second-order valence-electron chi connectivity index (χ2n) is 2.14. The van der Waals surface area contributed by atoms with Gasteiger partial charge in [0.1, 0.15) is 0 Å². The predicted octanol–water partition coefficient (Wildman–Crippen LogP) is 2.85. The smallest absolute Gasteiger partial charge is 0.263 e. The first-order chi connectivity index (χ1) is 5.75. The maximum atomic E-state index is 10.4. The number of hydrogen-bond acceptors (Lipinski definition) is 3. The Morgan fingerprint density at radius 1 is 1.42 bits per heavy atom. The SMILES string of the molecule is O=[N+]([O-])C(SCl)c1ccccc1. The van der Waals surface area contributed by atoms with Crippen LogP contribution in [0.15, 0.2) is 30.3 Å². The third kappa shape index (κ3) is 2.12. The summed E-state index contributed by atoms with van der Waals surface area (Å²) in [6, 6.07) is 8.67. The molecule has 0 aliphatic rings. The molecule has 0 spiro atoms. The Balaban J connectivity index is 2.88. The van der Waals surface area contributed by atoms with Crippen molar-refractivity contribution in [3.8, 4) is 0 Å². The van der Waals surface area contributed by atoms with Crippen molar-refractivity contribution in [2.75, 3.05) is 0 Å². The molecular formula is C7H6ClNO2S. The largest absolute Gasteiger partial charge is 0.297 e. The Hall–Kier alpha value is -0.740.